The highest BCUT2D eigenvalue weighted by Gasteiger charge is 2.27. The molecule has 4 rings (SSSR count). The van der Waals surface area contributed by atoms with Gasteiger partial charge in [0.2, 0.25) is 6.35 Å². The topological polar surface area (TPSA) is 90.0 Å². The van der Waals surface area contributed by atoms with Crippen molar-refractivity contribution in [1.82, 2.24) is 20.1 Å². The van der Waals surface area contributed by atoms with Gasteiger partial charge in [0.15, 0.2) is 0 Å². The van der Waals surface area contributed by atoms with Gasteiger partial charge in [0.05, 0.1) is 5.69 Å². The molecule has 0 spiro atoms. The first kappa shape index (κ1) is 21.5. The molecule has 1 aromatic heterocycles. The van der Waals surface area contributed by atoms with Crippen LogP contribution in [0, 0.1) is 6.92 Å². The number of ether oxygens (including phenoxy) is 1. The predicted octanol–water partition coefficient (Wildman–Crippen LogP) is 1.71. The van der Waals surface area contributed by atoms with Crippen LogP contribution in [0.4, 0.5) is 5.69 Å². The molecule has 3 N–H and O–H groups in total. The van der Waals surface area contributed by atoms with Gasteiger partial charge < -0.3 is 25.4 Å². The number of fused-ring (bicyclic) bond motifs is 1. The molecule has 2 aliphatic rings. The second kappa shape index (κ2) is 8.78. The number of thiocarbonyl (C=S) groups is 1. The monoisotopic (exact) mass is 441 g/mol. The summed E-state index contributed by atoms with van der Waals surface area (Å²) in [5.74, 6) is 0.505. The van der Waals surface area contributed by atoms with Gasteiger partial charge in [-0.25, -0.2) is 4.98 Å². The lowest BCUT2D eigenvalue weighted by molar-refractivity contribution is 0.0952. The minimum absolute atomic E-state index is 0.0742. The average Bonchev–Trinajstić information content (AvgIpc) is 3.19. The molecular formula is C22H27N5O3S. The van der Waals surface area contributed by atoms with Gasteiger partial charge in [-0.1, -0.05) is 18.3 Å². The van der Waals surface area contributed by atoms with Crippen LogP contribution in [0.2, 0.25) is 0 Å². The van der Waals surface area contributed by atoms with Gasteiger partial charge in [0.1, 0.15) is 22.5 Å². The quantitative estimate of drug-likeness (QED) is 0.605. The van der Waals surface area contributed by atoms with E-state index >= 15 is 0 Å². The van der Waals surface area contributed by atoms with Crippen molar-refractivity contribution in [3.05, 3.63) is 52.8 Å². The number of aromatic nitrogens is 1. The number of nitrogens with zero attached hydrogens (tertiary/aromatic N) is 3. The summed E-state index contributed by atoms with van der Waals surface area (Å²) >= 11 is 5.44. The Hall–Kier alpha value is -2.75. The average molecular weight is 442 g/mol. The van der Waals surface area contributed by atoms with E-state index in [-0.39, 0.29) is 12.0 Å². The SMILES string of the molecule is CNC(=O)c1ccc(OC2CCN(Cc3ccc4c(c3)NC(O)N(C)C4=S)C2)c(C)n1. The number of aryl methyl sites for hydroxylation is 1. The highest BCUT2D eigenvalue weighted by atomic mass is 32.1. The number of carbonyl (C=O) groups is 1. The lowest BCUT2D eigenvalue weighted by Crippen LogP contribution is -2.45. The summed E-state index contributed by atoms with van der Waals surface area (Å²) in [7, 11) is 3.36. The Kier molecular flexibility index (Phi) is 6.08. The fourth-order valence-corrected chi connectivity index (χ4v) is 4.21. The molecule has 2 atom stereocenters. The van der Waals surface area contributed by atoms with E-state index in [4.69, 9.17) is 17.0 Å². The minimum Gasteiger partial charge on any atom is -0.487 e. The molecule has 0 aliphatic carbocycles. The normalized spacial score (nSPS) is 20.9. The van der Waals surface area contributed by atoms with Gasteiger partial charge >= 0.3 is 0 Å². The number of benzene rings is 1. The number of amides is 1. The maximum atomic E-state index is 11.7. The number of nitrogens with one attached hydrogen (secondary N) is 2. The molecule has 1 aromatic carbocycles. The predicted molar refractivity (Wildman–Crippen MR) is 122 cm³/mol. The number of rotatable bonds is 5. The summed E-state index contributed by atoms with van der Waals surface area (Å²) < 4.78 is 6.17. The van der Waals surface area contributed by atoms with Crippen LogP contribution in [-0.4, -0.2) is 70.4 Å². The van der Waals surface area contributed by atoms with Crippen molar-refractivity contribution in [2.24, 2.45) is 0 Å². The molecule has 2 unspecified atom stereocenters. The summed E-state index contributed by atoms with van der Waals surface area (Å²) in [5.41, 5.74) is 4.03. The Morgan fingerprint density at radius 3 is 2.94 bits per heavy atom. The lowest BCUT2D eigenvalue weighted by Gasteiger charge is -2.34. The maximum Gasteiger partial charge on any atom is 0.269 e. The summed E-state index contributed by atoms with van der Waals surface area (Å²) in [4.78, 5) is 20.7. The Balaban J connectivity index is 1.37. The van der Waals surface area contributed by atoms with Gasteiger partial charge in [0, 0.05) is 45.0 Å². The van der Waals surface area contributed by atoms with E-state index in [0.29, 0.717) is 22.1 Å². The number of likely N-dealkylation sites (tertiary alicyclic amines) is 1. The van der Waals surface area contributed by atoms with Crippen LogP contribution in [0.25, 0.3) is 0 Å². The molecule has 1 saturated heterocycles. The molecule has 1 amide bonds. The van der Waals surface area contributed by atoms with E-state index in [1.54, 1.807) is 25.1 Å². The Bertz CT molecular complexity index is 1010. The van der Waals surface area contributed by atoms with Crippen LogP contribution in [-0.2, 0) is 6.54 Å². The first-order valence-corrected chi connectivity index (χ1v) is 10.7. The van der Waals surface area contributed by atoms with Crippen molar-refractivity contribution in [2.45, 2.75) is 32.3 Å². The van der Waals surface area contributed by atoms with Crippen molar-refractivity contribution >= 4 is 28.8 Å². The van der Waals surface area contributed by atoms with Gasteiger partial charge in [-0.05, 0) is 43.2 Å². The first-order chi connectivity index (χ1) is 14.9. The van der Waals surface area contributed by atoms with Crippen LogP contribution < -0.4 is 15.4 Å². The summed E-state index contributed by atoms with van der Waals surface area (Å²) in [6, 6.07) is 9.64. The van der Waals surface area contributed by atoms with E-state index < -0.39 is 6.35 Å². The fourth-order valence-electron chi connectivity index (χ4n) is 3.93. The largest absolute Gasteiger partial charge is 0.487 e. The number of carbonyl (C=O) groups excluding carboxylic acids is 1. The van der Waals surface area contributed by atoms with Gasteiger partial charge in [0.25, 0.3) is 5.91 Å². The molecular weight excluding hydrogens is 414 g/mol. The number of anilines is 1. The maximum absolute atomic E-state index is 11.7. The number of hydrogen-bond donors (Lipinski definition) is 3. The van der Waals surface area contributed by atoms with Crippen molar-refractivity contribution in [3.63, 3.8) is 0 Å². The van der Waals surface area contributed by atoms with Gasteiger partial charge in [-0.15, -0.1) is 0 Å². The van der Waals surface area contributed by atoms with E-state index in [1.165, 1.54) is 0 Å². The zero-order valence-corrected chi connectivity index (χ0v) is 18.7. The standard InChI is InChI=1S/C22H27N5O3S/c1-13-19(7-6-17(24-13)20(28)23-2)30-15-8-9-27(12-15)11-14-4-5-16-18(10-14)25-22(29)26(3)21(16)31/h4-7,10,15,22,25,29H,8-9,11-12H2,1-3H3,(H,23,28). The molecule has 31 heavy (non-hydrogen) atoms. The van der Waals surface area contributed by atoms with E-state index in [1.807, 2.05) is 19.1 Å². The second-order valence-electron chi connectivity index (χ2n) is 7.94. The third kappa shape index (κ3) is 4.48. The van der Waals surface area contributed by atoms with Crippen LogP contribution >= 0.6 is 12.2 Å². The lowest BCUT2D eigenvalue weighted by atomic mass is 10.1. The van der Waals surface area contributed by atoms with Crippen LogP contribution in [0.5, 0.6) is 5.75 Å². The van der Waals surface area contributed by atoms with E-state index in [9.17, 15) is 9.90 Å². The molecule has 8 nitrogen and oxygen atoms in total. The molecule has 0 radical (unpaired) electrons. The highest BCUT2D eigenvalue weighted by Crippen LogP contribution is 2.27. The summed E-state index contributed by atoms with van der Waals surface area (Å²) in [6.45, 7) is 4.39. The Labute approximate surface area is 187 Å². The number of pyridine rings is 1. The highest BCUT2D eigenvalue weighted by molar-refractivity contribution is 7.80. The molecule has 3 heterocycles. The number of hydrogen-bond acceptors (Lipinski definition) is 7. The smallest absolute Gasteiger partial charge is 0.269 e. The first-order valence-electron chi connectivity index (χ1n) is 10.3. The van der Waals surface area contributed by atoms with E-state index in [0.717, 1.165) is 42.9 Å². The molecule has 9 heteroatoms. The van der Waals surface area contributed by atoms with Crippen LogP contribution in [0.15, 0.2) is 30.3 Å². The van der Waals surface area contributed by atoms with E-state index in [2.05, 4.69) is 32.7 Å². The Morgan fingerprint density at radius 2 is 2.19 bits per heavy atom. The molecule has 0 saturated carbocycles. The van der Waals surface area contributed by atoms with Crippen molar-refractivity contribution in [2.75, 3.05) is 32.5 Å². The third-order valence-corrected chi connectivity index (χ3v) is 6.22. The third-order valence-electron chi connectivity index (χ3n) is 5.71. The molecule has 0 bridgehead atoms. The van der Waals surface area contributed by atoms with Crippen LogP contribution in [0.1, 0.15) is 33.7 Å². The zero-order valence-electron chi connectivity index (χ0n) is 17.9. The molecule has 2 aromatic rings. The second-order valence-corrected chi connectivity index (χ2v) is 8.32. The molecule has 164 valence electrons. The van der Waals surface area contributed by atoms with Crippen LogP contribution in [0.3, 0.4) is 0 Å². The van der Waals surface area contributed by atoms with Crippen molar-refractivity contribution in [1.29, 1.82) is 0 Å². The Morgan fingerprint density at radius 1 is 1.39 bits per heavy atom. The molecule has 2 aliphatic heterocycles. The number of aliphatic hydroxyl groups excluding tert-OH is 1. The van der Waals surface area contributed by atoms with Gasteiger partial charge in [-0.3, -0.25) is 9.69 Å². The zero-order chi connectivity index (χ0) is 22.1. The summed E-state index contributed by atoms with van der Waals surface area (Å²) in [6.07, 6.45) is 0.185. The number of aliphatic hydroxyl groups is 1. The summed E-state index contributed by atoms with van der Waals surface area (Å²) in [5, 5.41) is 15.8. The van der Waals surface area contributed by atoms with Gasteiger partial charge in [-0.2, -0.15) is 0 Å². The van der Waals surface area contributed by atoms with Crippen molar-refractivity contribution in [3.8, 4) is 5.75 Å². The fraction of sp³-hybridized carbons (Fsp3) is 0.409. The van der Waals surface area contributed by atoms with Crippen molar-refractivity contribution < 1.29 is 14.6 Å². The minimum atomic E-state index is -0.813. The molecule has 1 fully saturated rings.